The standard InChI is InChI=1S/C13H11FN2O2S/c1-8(17)11-5-10(14)4-9(13(11)18)6-19-12-2-3-15-7-16-12/h2-5,7,18H,6H2,1H3. The molecule has 0 aliphatic carbocycles. The summed E-state index contributed by atoms with van der Waals surface area (Å²) in [5.74, 6) is -0.761. The van der Waals surface area contributed by atoms with E-state index in [1.165, 1.54) is 31.1 Å². The van der Waals surface area contributed by atoms with Gasteiger partial charge in [-0.05, 0) is 25.1 Å². The maximum Gasteiger partial charge on any atom is 0.163 e. The van der Waals surface area contributed by atoms with Crippen LogP contribution in [0.3, 0.4) is 0 Å². The Morgan fingerprint density at radius 2 is 2.26 bits per heavy atom. The van der Waals surface area contributed by atoms with E-state index in [1.807, 2.05) is 0 Å². The largest absolute Gasteiger partial charge is 0.507 e. The second-order valence-electron chi connectivity index (χ2n) is 3.85. The number of halogens is 1. The van der Waals surface area contributed by atoms with Gasteiger partial charge in [0.1, 0.15) is 17.9 Å². The molecule has 0 saturated heterocycles. The highest BCUT2D eigenvalue weighted by Crippen LogP contribution is 2.30. The lowest BCUT2D eigenvalue weighted by Crippen LogP contribution is -1.97. The van der Waals surface area contributed by atoms with E-state index in [2.05, 4.69) is 9.97 Å². The first kappa shape index (κ1) is 13.5. The van der Waals surface area contributed by atoms with Crippen molar-refractivity contribution in [2.45, 2.75) is 17.7 Å². The van der Waals surface area contributed by atoms with E-state index >= 15 is 0 Å². The van der Waals surface area contributed by atoms with Crippen molar-refractivity contribution in [3.05, 3.63) is 47.7 Å². The normalized spacial score (nSPS) is 10.4. The Balaban J connectivity index is 2.23. The van der Waals surface area contributed by atoms with Crippen LogP contribution in [0.2, 0.25) is 0 Å². The van der Waals surface area contributed by atoms with Crippen LogP contribution in [0, 0.1) is 5.82 Å². The molecule has 2 rings (SSSR count). The quantitative estimate of drug-likeness (QED) is 0.529. The molecule has 0 amide bonds. The number of aromatic nitrogens is 2. The van der Waals surface area contributed by atoms with Gasteiger partial charge >= 0.3 is 0 Å². The first-order chi connectivity index (χ1) is 9.08. The Labute approximate surface area is 113 Å². The highest BCUT2D eigenvalue weighted by molar-refractivity contribution is 7.98. The molecule has 0 fully saturated rings. The molecule has 0 bridgehead atoms. The van der Waals surface area contributed by atoms with Crippen molar-refractivity contribution < 1.29 is 14.3 Å². The number of benzene rings is 1. The Morgan fingerprint density at radius 1 is 1.47 bits per heavy atom. The molecule has 2 aromatic rings. The lowest BCUT2D eigenvalue weighted by atomic mass is 10.1. The zero-order valence-electron chi connectivity index (χ0n) is 10.1. The van der Waals surface area contributed by atoms with Crippen LogP contribution in [0.15, 0.2) is 35.7 Å². The first-order valence-electron chi connectivity index (χ1n) is 5.49. The molecule has 0 aliphatic heterocycles. The minimum absolute atomic E-state index is 0.00159. The van der Waals surface area contributed by atoms with Crippen LogP contribution in [0.5, 0.6) is 5.75 Å². The van der Waals surface area contributed by atoms with Gasteiger partial charge in [-0.2, -0.15) is 0 Å². The number of aromatic hydroxyl groups is 1. The molecule has 0 atom stereocenters. The summed E-state index contributed by atoms with van der Waals surface area (Å²) in [4.78, 5) is 19.1. The van der Waals surface area contributed by atoms with Crippen molar-refractivity contribution in [3.8, 4) is 5.75 Å². The molecule has 0 aliphatic rings. The molecule has 0 saturated carbocycles. The summed E-state index contributed by atoms with van der Waals surface area (Å²) in [6.07, 6.45) is 3.01. The fourth-order valence-electron chi connectivity index (χ4n) is 1.55. The Bertz CT molecular complexity index is 605. The van der Waals surface area contributed by atoms with Crippen molar-refractivity contribution in [1.82, 2.24) is 9.97 Å². The number of phenols is 1. The molecule has 0 radical (unpaired) electrons. The van der Waals surface area contributed by atoms with Gasteiger partial charge in [0.2, 0.25) is 0 Å². The predicted molar refractivity (Wildman–Crippen MR) is 69.7 cm³/mol. The summed E-state index contributed by atoms with van der Waals surface area (Å²) in [6, 6.07) is 3.97. The first-order valence-corrected chi connectivity index (χ1v) is 6.47. The lowest BCUT2D eigenvalue weighted by Gasteiger charge is -2.08. The number of carbonyl (C=O) groups is 1. The summed E-state index contributed by atoms with van der Waals surface area (Å²) < 4.78 is 13.4. The van der Waals surface area contributed by atoms with Crippen LogP contribution in [0.4, 0.5) is 4.39 Å². The Morgan fingerprint density at radius 3 is 2.89 bits per heavy atom. The summed E-state index contributed by atoms with van der Waals surface area (Å²) in [6.45, 7) is 1.29. The second-order valence-corrected chi connectivity index (χ2v) is 4.85. The van der Waals surface area contributed by atoms with Crippen molar-refractivity contribution in [3.63, 3.8) is 0 Å². The number of carbonyl (C=O) groups excluding carboxylic acids is 1. The van der Waals surface area contributed by atoms with Crippen LogP contribution < -0.4 is 0 Å². The number of nitrogens with zero attached hydrogens (tertiary/aromatic N) is 2. The van der Waals surface area contributed by atoms with Gasteiger partial charge in [0.05, 0.1) is 10.6 Å². The molecule has 0 unspecified atom stereocenters. The Kier molecular flexibility index (Phi) is 4.11. The molecule has 1 heterocycles. The average Bonchev–Trinajstić information content (AvgIpc) is 2.40. The fraction of sp³-hybridized carbons (Fsp3) is 0.154. The summed E-state index contributed by atoms with van der Waals surface area (Å²) in [5.41, 5.74) is 0.368. The van der Waals surface area contributed by atoms with E-state index in [4.69, 9.17) is 0 Å². The monoisotopic (exact) mass is 278 g/mol. The number of Topliss-reactive ketones (excluding diaryl/α,β-unsaturated/α-hetero) is 1. The topological polar surface area (TPSA) is 63.1 Å². The fourth-order valence-corrected chi connectivity index (χ4v) is 2.35. The van der Waals surface area contributed by atoms with Crippen LogP contribution in [-0.2, 0) is 5.75 Å². The van der Waals surface area contributed by atoms with Gasteiger partial charge in [0.15, 0.2) is 5.78 Å². The van der Waals surface area contributed by atoms with Gasteiger partial charge in [0.25, 0.3) is 0 Å². The molecule has 6 heteroatoms. The molecule has 98 valence electrons. The number of phenolic OH excluding ortho intramolecular Hbond substituents is 1. The van der Waals surface area contributed by atoms with E-state index in [0.717, 1.165) is 6.07 Å². The van der Waals surface area contributed by atoms with Crippen molar-refractivity contribution in [2.75, 3.05) is 0 Å². The highest BCUT2D eigenvalue weighted by atomic mass is 32.2. The summed E-state index contributed by atoms with van der Waals surface area (Å²) in [5, 5.41) is 10.6. The van der Waals surface area contributed by atoms with Crippen LogP contribution in [0.1, 0.15) is 22.8 Å². The van der Waals surface area contributed by atoms with Gasteiger partial charge in [-0.1, -0.05) is 0 Å². The van der Waals surface area contributed by atoms with Gasteiger partial charge < -0.3 is 5.11 Å². The molecule has 1 aromatic carbocycles. The molecule has 0 spiro atoms. The van der Waals surface area contributed by atoms with Crippen LogP contribution >= 0.6 is 11.8 Å². The average molecular weight is 278 g/mol. The number of hydrogen-bond donors (Lipinski definition) is 1. The number of ketones is 1. The maximum atomic E-state index is 13.4. The van der Waals surface area contributed by atoms with Crippen molar-refractivity contribution in [2.24, 2.45) is 0 Å². The molecule has 1 N–H and O–H groups in total. The van der Waals surface area contributed by atoms with Gasteiger partial charge in [0, 0.05) is 17.5 Å². The van der Waals surface area contributed by atoms with E-state index in [-0.39, 0.29) is 17.1 Å². The van der Waals surface area contributed by atoms with E-state index in [9.17, 15) is 14.3 Å². The third-order valence-corrected chi connectivity index (χ3v) is 3.46. The van der Waals surface area contributed by atoms with Gasteiger partial charge in [-0.15, -0.1) is 11.8 Å². The molecule has 19 heavy (non-hydrogen) atoms. The molecular formula is C13H11FN2O2S. The zero-order chi connectivity index (χ0) is 13.8. The lowest BCUT2D eigenvalue weighted by molar-refractivity contribution is 0.101. The van der Waals surface area contributed by atoms with Crippen LogP contribution in [-0.4, -0.2) is 20.9 Å². The summed E-state index contributed by atoms with van der Waals surface area (Å²) >= 11 is 1.33. The Hall–Kier alpha value is -1.95. The molecule has 4 nitrogen and oxygen atoms in total. The minimum Gasteiger partial charge on any atom is -0.507 e. The highest BCUT2D eigenvalue weighted by Gasteiger charge is 2.14. The molecular weight excluding hydrogens is 267 g/mol. The SMILES string of the molecule is CC(=O)c1cc(F)cc(CSc2ccncn2)c1O. The number of rotatable bonds is 4. The number of thioether (sulfide) groups is 1. The molecule has 1 aromatic heterocycles. The maximum absolute atomic E-state index is 13.4. The van der Waals surface area contributed by atoms with Gasteiger partial charge in [-0.3, -0.25) is 4.79 Å². The third-order valence-electron chi connectivity index (χ3n) is 2.46. The van der Waals surface area contributed by atoms with Crippen molar-refractivity contribution >= 4 is 17.5 Å². The van der Waals surface area contributed by atoms with Gasteiger partial charge in [-0.25, -0.2) is 14.4 Å². The van der Waals surface area contributed by atoms with E-state index in [1.54, 1.807) is 12.3 Å². The second kappa shape index (κ2) is 5.79. The number of hydrogen-bond acceptors (Lipinski definition) is 5. The third kappa shape index (κ3) is 3.29. The van der Waals surface area contributed by atoms with Crippen molar-refractivity contribution in [1.29, 1.82) is 0 Å². The van der Waals surface area contributed by atoms with E-state index < -0.39 is 5.82 Å². The smallest absolute Gasteiger partial charge is 0.163 e. The predicted octanol–water partition coefficient (Wildman–Crippen LogP) is 2.82. The summed E-state index contributed by atoms with van der Waals surface area (Å²) in [7, 11) is 0. The van der Waals surface area contributed by atoms with Crippen LogP contribution in [0.25, 0.3) is 0 Å². The van der Waals surface area contributed by atoms with E-state index in [0.29, 0.717) is 16.3 Å². The zero-order valence-corrected chi connectivity index (χ0v) is 10.9. The minimum atomic E-state index is -0.540.